The van der Waals surface area contributed by atoms with Crippen LogP contribution in [0.4, 0.5) is 4.39 Å². The Morgan fingerprint density at radius 3 is 2.89 bits per heavy atom. The largest absolute Gasteiger partial charge is 0.376 e. The monoisotopic (exact) mass is 387 g/mol. The number of halogens is 1. The first-order chi connectivity index (χ1) is 13.2. The Morgan fingerprint density at radius 1 is 1.26 bits per heavy atom. The molecule has 1 fully saturated rings. The standard InChI is InChI=1S/C18H18FN5O2S/c19-13-5-3-12(4-6-13)18-22-21-15-7-8-17(23-24(15)18)27-11-16(25)20-10-14-2-1-9-26-14/h3-8,14H,1-2,9-11H2,(H,20,25)/t14-/m0/s1. The number of aromatic nitrogens is 4. The van der Waals surface area contributed by atoms with Crippen LogP contribution in [-0.4, -0.2) is 50.7 Å². The lowest BCUT2D eigenvalue weighted by Gasteiger charge is -2.10. The zero-order valence-electron chi connectivity index (χ0n) is 14.5. The molecular weight excluding hydrogens is 369 g/mol. The van der Waals surface area contributed by atoms with Gasteiger partial charge in [0.05, 0.1) is 11.9 Å². The van der Waals surface area contributed by atoms with Gasteiger partial charge in [0.15, 0.2) is 11.5 Å². The summed E-state index contributed by atoms with van der Waals surface area (Å²) < 4.78 is 20.2. The third-order valence-electron chi connectivity index (χ3n) is 4.24. The average Bonchev–Trinajstić information content (AvgIpc) is 3.35. The third kappa shape index (κ3) is 4.25. The molecule has 3 heterocycles. The highest BCUT2D eigenvalue weighted by Gasteiger charge is 2.16. The van der Waals surface area contributed by atoms with E-state index in [4.69, 9.17) is 4.74 Å². The number of carbonyl (C=O) groups is 1. The Morgan fingerprint density at radius 2 is 2.11 bits per heavy atom. The fourth-order valence-electron chi connectivity index (χ4n) is 2.85. The lowest BCUT2D eigenvalue weighted by atomic mass is 10.2. The van der Waals surface area contributed by atoms with Gasteiger partial charge in [-0.2, -0.15) is 9.61 Å². The number of rotatable bonds is 6. The molecule has 0 radical (unpaired) electrons. The van der Waals surface area contributed by atoms with Crippen LogP contribution >= 0.6 is 11.8 Å². The summed E-state index contributed by atoms with van der Waals surface area (Å²) >= 11 is 1.34. The van der Waals surface area contributed by atoms with Crippen molar-refractivity contribution in [2.24, 2.45) is 0 Å². The number of carbonyl (C=O) groups excluding carboxylic acids is 1. The van der Waals surface area contributed by atoms with Gasteiger partial charge in [-0.1, -0.05) is 11.8 Å². The first-order valence-electron chi connectivity index (χ1n) is 8.68. The molecule has 0 saturated carbocycles. The minimum absolute atomic E-state index is 0.0556. The van der Waals surface area contributed by atoms with Crippen LogP contribution in [-0.2, 0) is 9.53 Å². The molecule has 1 amide bonds. The first-order valence-corrected chi connectivity index (χ1v) is 9.67. The molecule has 4 rings (SSSR count). The maximum absolute atomic E-state index is 13.1. The van der Waals surface area contributed by atoms with Gasteiger partial charge in [0.1, 0.15) is 10.8 Å². The van der Waals surface area contributed by atoms with Crippen molar-refractivity contribution in [1.29, 1.82) is 0 Å². The summed E-state index contributed by atoms with van der Waals surface area (Å²) in [6, 6.07) is 9.59. The summed E-state index contributed by atoms with van der Waals surface area (Å²) in [4.78, 5) is 12.0. The van der Waals surface area contributed by atoms with Crippen LogP contribution in [0.25, 0.3) is 17.0 Å². The molecular formula is C18H18FN5O2S. The fraction of sp³-hybridized carbons (Fsp3) is 0.333. The van der Waals surface area contributed by atoms with Gasteiger partial charge in [-0.25, -0.2) is 4.39 Å². The Labute approximate surface area is 159 Å². The van der Waals surface area contributed by atoms with Gasteiger partial charge in [0, 0.05) is 18.7 Å². The second-order valence-corrected chi connectivity index (χ2v) is 7.20. The molecule has 1 saturated heterocycles. The van der Waals surface area contributed by atoms with Crippen LogP contribution in [0.15, 0.2) is 41.4 Å². The number of ether oxygens (including phenoxy) is 1. The SMILES string of the molecule is O=C(CSc1ccc2nnc(-c3ccc(F)cc3)n2n1)NC[C@@H]1CCCO1. The van der Waals surface area contributed by atoms with Crippen molar-refractivity contribution in [3.05, 3.63) is 42.2 Å². The number of thioether (sulfide) groups is 1. The normalized spacial score (nSPS) is 16.7. The smallest absolute Gasteiger partial charge is 0.230 e. The van der Waals surface area contributed by atoms with Gasteiger partial charge in [-0.05, 0) is 49.2 Å². The summed E-state index contributed by atoms with van der Waals surface area (Å²) in [5.74, 6) is 0.417. The molecule has 7 nitrogen and oxygen atoms in total. The fourth-order valence-corrected chi connectivity index (χ4v) is 3.54. The van der Waals surface area contributed by atoms with E-state index in [9.17, 15) is 9.18 Å². The molecule has 140 valence electrons. The van der Waals surface area contributed by atoms with Crippen LogP contribution in [0, 0.1) is 5.82 Å². The summed E-state index contributed by atoms with van der Waals surface area (Å²) in [5, 5.41) is 16.3. The van der Waals surface area contributed by atoms with Gasteiger partial charge in [0.2, 0.25) is 5.91 Å². The molecule has 0 bridgehead atoms. The number of fused-ring (bicyclic) bond motifs is 1. The molecule has 2 aromatic heterocycles. The molecule has 1 aliphatic rings. The highest BCUT2D eigenvalue weighted by molar-refractivity contribution is 7.99. The highest BCUT2D eigenvalue weighted by atomic mass is 32.2. The second-order valence-electron chi connectivity index (χ2n) is 6.20. The lowest BCUT2D eigenvalue weighted by molar-refractivity contribution is -0.119. The predicted octanol–water partition coefficient (Wildman–Crippen LogP) is 2.32. The van der Waals surface area contributed by atoms with E-state index in [2.05, 4.69) is 20.6 Å². The van der Waals surface area contributed by atoms with Gasteiger partial charge in [-0.3, -0.25) is 4.79 Å². The van der Waals surface area contributed by atoms with Crippen molar-refractivity contribution in [2.75, 3.05) is 18.9 Å². The first kappa shape index (κ1) is 17.9. The third-order valence-corrected chi connectivity index (χ3v) is 5.16. The lowest BCUT2D eigenvalue weighted by Crippen LogP contribution is -2.32. The van der Waals surface area contributed by atoms with E-state index in [-0.39, 0.29) is 23.6 Å². The van der Waals surface area contributed by atoms with Gasteiger partial charge < -0.3 is 10.1 Å². The average molecular weight is 387 g/mol. The number of hydrogen-bond donors (Lipinski definition) is 1. The molecule has 3 aromatic rings. The highest BCUT2D eigenvalue weighted by Crippen LogP contribution is 2.21. The summed E-state index contributed by atoms with van der Waals surface area (Å²) in [6.07, 6.45) is 2.17. The van der Waals surface area contributed by atoms with E-state index in [0.29, 0.717) is 28.6 Å². The Hall–Kier alpha value is -2.52. The van der Waals surface area contributed by atoms with E-state index >= 15 is 0 Å². The van der Waals surface area contributed by atoms with Crippen molar-refractivity contribution in [3.8, 4) is 11.4 Å². The van der Waals surface area contributed by atoms with Crippen molar-refractivity contribution < 1.29 is 13.9 Å². The molecule has 1 aliphatic heterocycles. The van der Waals surface area contributed by atoms with Crippen LogP contribution < -0.4 is 5.32 Å². The summed E-state index contributed by atoms with van der Waals surface area (Å²) in [5.41, 5.74) is 1.30. The molecule has 27 heavy (non-hydrogen) atoms. The maximum Gasteiger partial charge on any atom is 0.230 e. The molecule has 1 N–H and O–H groups in total. The Balaban J connectivity index is 1.42. The van der Waals surface area contributed by atoms with Crippen LogP contribution in [0.2, 0.25) is 0 Å². The van der Waals surface area contributed by atoms with Crippen LogP contribution in [0.3, 0.4) is 0 Å². The number of benzene rings is 1. The predicted molar refractivity (Wildman–Crippen MR) is 98.9 cm³/mol. The zero-order valence-corrected chi connectivity index (χ0v) is 15.3. The van der Waals surface area contributed by atoms with Gasteiger partial charge >= 0.3 is 0 Å². The molecule has 1 atom stereocenters. The number of hydrogen-bond acceptors (Lipinski definition) is 6. The zero-order chi connectivity index (χ0) is 18.6. The van der Waals surface area contributed by atoms with Gasteiger partial charge in [-0.15, -0.1) is 10.2 Å². The van der Waals surface area contributed by atoms with Crippen molar-refractivity contribution >= 4 is 23.3 Å². The van der Waals surface area contributed by atoms with Gasteiger partial charge in [0.25, 0.3) is 0 Å². The summed E-state index contributed by atoms with van der Waals surface area (Å²) in [7, 11) is 0. The van der Waals surface area contributed by atoms with Crippen molar-refractivity contribution in [3.63, 3.8) is 0 Å². The Bertz CT molecular complexity index is 941. The van der Waals surface area contributed by atoms with Crippen molar-refractivity contribution in [1.82, 2.24) is 25.1 Å². The topological polar surface area (TPSA) is 81.4 Å². The molecule has 0 aliphatic carbocycles. The molecule has 9 heteroatoms. The van der Waals surface area contributed by atoms with Crippen molar-refractivity contribution in [2.45, 2.75) is 24.0 Å². The minimum Gasteiger partial charge on any atom is -0.376 e. The van der Waals surface area contributed by atoms with E-state index < -0.39 is 0 Å². The Kier molecular flexibility index (Phi) is 5.30. The molecule has 1 aromatic carbocycles. The number of nitrogens with one attached hydrogen (secondary N) is 1. The number of amides is 1. The maximum atomic E-state index is 13.1. The van der Waals surface area contributed by atoms with Crippen LogP contribution in [0.1, 0.15) is 12.8 Å². The van der Waals surface area contributed by atoms with E-state index in [1.807, 2.05) is 0 Å². The van der Waals surface area contributed by atoms with E-state index in [0.717, 1.165) is 19.4 Å². The molecule has 0 unspecified atom stereocenters. The van der Waals surface area contributed by atoms with E-state index in [1.165, 1.54) is 23.9 Å². The van der Waals surface area contributed by atoms with E-state index in [1.54, 1.807) is 28.8 Å². The second kappa shape index (κ2) is 8.01. The van der Waals surface area contributed by atoms with Crippen LogP contribution in [0.5, 0.6) is 0 Å². The summed E-state index contributed by atoms with van der Waals surface area (Å²) in [6.45, 7) is 1.32. The molecule has 0 spiro atoms. The number of nitrogens with zero attached hydrogens (tertiary/aromatic N) is 4. The quantitative estimate of drug-likeness (QED) is 0.654. The minimum atomic E-state index is -0.314.